The summed E-state index contributed by atoms with van der Waals surface area (Å²) in [7, 11) is -2.82. The van der Waals surface area contributed by atoms with Crippen molar-refractivity contribution in [1.82, 2.24) is 0 Å². The quantitative estimate of drug-likeness (QED) is 0.172. The first-order chi connectivity index (χ1) is 12.1. The Bertz CT molecular complexity index is 304. The zero-order valence-electron chi connectivity index (χ0n) is 17.4. The van der Waals surface area contributed by atoms with Gasteiger partial charge in [-0.3, -0.25) is 4.57 Å². The number of unbranched alkanes of at least 4 members (excludes halogenated alkanes) is 16. The largest absolute Gasteiger partial charge is 0.344 e. The maximum atomic E-state index is 12.1. The number of rotatable bonds is 20. The third-order valence-electron chi connectivity index (χ3n) is 5.22. The summed E-state index contributed by atoms with van der Waals surface area (Å²) >= 11 is 0. The Hall–Kier alpha value is 0.190. The van der Waals surface area contributed by atoms with Crippen molar-refractivity contribution in [2.75, 3.05) is 12.3 Å². The molecule has 0 heterocycles. The van der Waals surface area contributed by atoms with Gasteiger partial charge in [0.05, 0.1) is 0 Å². The molecule has 0 fully saturated rings. The fraction of sp³-hybridized carbons (Fsp3) is 1.00. The highest BCUT2D eigenvalue weighted by Crippen LogP contribution is 2.42. The van der Waals surface area contributed by atoms with Crippen molar-refractivity contribution in [2.45, 2.75) is 129 Å². The van der Waals surface area contributed by atoms with Gasteiger partial charge in [0.2, 0.25) is 7.37 Å². The molecule has 0 spiro atoms. The van der Waals surface area contributed by atoms with Crippen LogP contribution in [0.3, 0.4) is 0 Å². The first kappa shape index (κ1) is 25.2. The molecule has 1 atom stereocenters. The van der Waals surface area contributed by atoms with Gasteiger partial charge in [0, 0.05) is 12.3 Å². The molecule has 0 aliphatic rings. The van der Waals surface area contributed by atoms with E-state index in [1.165, 1.54) is 89.9 Å². The standard InChI is InChI=1S/C22H47O2P/c1-3-5-7-9-10-11-12-13-14-15-16-17-18-20-22-25(23,24)21-19-8-6-4-2/h3-22H2,1-2H3,(H,23,24). The minimum Gasteiger partial charge on any atom is -0.344 e. The van der Waals surface area contributed by atoms with Gasteiger partial charge in [0.1, 0.15) is 0 Å². The van der Waals surface area contributed by atoms with E-state index in [1.54, 1.807) is 0 Å². The lowest BCUT2D eigenvalue weighted by Gasteiger charge is -2.11. The molecule has 0 amide bonds. The Morgan fingerprint density at radius 3 is 1.04 bits per heavy atom. The highest BCUT2D eigenvalue weighted by Gasteiger charge is 2.16. The third-order valence-corrected chi connectivity index (χ3v) is 7.25. The van der Waals surface area contributed by atoms with Crippen LogP contribution in [0.1, 0.15) is 129 Å². The molecule has 25 heavy (non-hydrogen) atoms. The van der Waals surface area contributed by atoms with Crippen molar-refractivity contribution in [3.05, 3.63) is 0 Å². The van der Waals surface area contributed by atoms with Crippen LogP contribution in [0.25, 0.3) is 0 Å². The fourth-order valence-electron chi connectivity index (χ4n) is 3.45. The van der Waals surface area contributed by atoms with E-state index in [1.807, 2.05) is 0 Å². The molecule has 1 N–H and O–H groups in total. The van der Waals surface area contributed by atoms with Crippen LogP contribution in [0.5, 0.6) is 0 Å². The molecule has 152 valence electrons. The van der Waals surface area contributed by atoms with Crippen LogP contribution in [0.4, 0.5) is 0 Å². The lowest BCUT2D eigenvalue weighted by Crippen LogP contribution is -1.95. The molecule has 0 aliphatic carbocycles. The van der Waals surface area contributed by atoms with Gasteiger partial charge < -0.3 is 4.89 Å². The lowest BCUT2D eigenvalue weighted by molar-refractivity contribution is 0.469. The van der Waals surface area contributed by atoms with Crippen LogP contribution in [-0.2, 0) is 4.57 Å². The second-order valence-corrected chi connectivity index (χ2v) is 10.5. The highest BCUT2D eigenvalue weighted by atomic mass is 31.2. The summed E-state index contributed by atoms with van der Waals surface area (Å²) in [6.45, 7) is 4.45. The molecule has 0 aromatic carbocycles. The maximum absolute atomic E-state index is 12.1. The van der Waals surface area contributed by atoms with Gasteiger partial charge in [-0.25, -0.2) is 0 Å². The van der Waals surface area contributed by atoms with Gasteiger partial charge in [-0.1, -0.05) is 117 Å². The molecule has 0 aliphatic heterocycles. The highest BCUT2D eigenvalue weighted by molar-refractivity contribution is 7.57. The van der Waals surface area contributed by atoms with E-state index in [-0.39, 0.29) is 0 Å². The van der Waals surface area contributed by atoms with Crippen LogP contribution < -0.4 is 0 Å². The summed E-state index contributed by atoms with van der Waals surface area (Å²) in [5.41, 5.74) is 0. The molecule has 0 saturated heterocycles. The van der Waals surface area contributed by atoms with Gasteiger partial charge in [-0.2, -0.15) is 0 Å². The van der Waals surface area contributed by atoms with Crippen molar-refractivity contribution in [3.63, 3.8) is 0 Å². The monoisotopic (exact) mass is 374 g/mol. The Morgan fingerprint density at radius 1 is 0.480 bits per heavy atom. The molecule has 0 rings (SSSR count). The summed E-state index contributed by atoms with van der Waals surface area (Å²) in [5, 5.41) is 0. The molecule has 0 saturated carbocycles. The molecule has 2 nitrogen and oxygen atoms in total. The summed E-state index contributed by atoms with van der Waals surface area (Å²) in [5.74, 6) is 0. The molecular weight excluding hydrogens is 327 g/mol. The Labute approximate surface area is 159 Å². The number of hydrogen-bond acceptors (Lipinski definition) is 1. The van der Waals surface area contributed by atoms with Gasteiger partial charge in [-0.15, -0.1) is 0 Å². The van der Waals surface area contributed by atoms with E-state index in [4.69, 9.17) is 0 Å². The molecule has 1 unspecified atom stereocenters. The molecule has 3 heteroatoms. The van der Waals surface area contributed by atoms with Crippen LogP contribution in [0.2, 0.25) is 0 Å². The zero-order valence-corrected chi connectivity index (χ0v) is 18.3. The predicted octanol–water partition coefficient (Wildman–Crippen LogP) is 8.32. The van der Waals surface area contributed by atoms with Crippen molar-refractivity contribution in [3.8, 4) is 0 Å². The second-order valence-electron chi connectivity index (χ2n) is 7.95. The first-order valence-electron chi connectivity index (χ1n) is 11.4. The average Bonchev–Trinajstić information content (AvgIpc) is 2.59. The van der Waals surface area contributed by atoms with E-state index in [2.05, 4.69) is 13.8 Å². The van der Waals surface area contributed by atoms with Gasteiger partial charge >= 0.3 is 0 Å². The van der Waals surface area contributed by atoms with E-state index >= 15 is 0 Å². The third kappa shape index (κ3) is 20.4. The summed E-state index contributed by atoms with van der Waals surface area (Å²) in [6.07, 6.45) is 24.2. The van der Waals surface area contributed by atoms with Gasteiger partial charge in [0.15, 0.2) is 0 Å². The summed E-state index contributed by atoms with van der Waals surface area (Å²) in [4.78, 5) is 9.96. The maximum Gasteiger partial charge on any atom is 0.200 e. The number of hydrogen-bond donors (Lipinski definition) is 1. The normalized spacial score (nSPS) is 13.9. The summed E-state index contributed by atoms with van der Waals surface area (Å²) in [6, 6.07) is 0. The molecule has 0 bridgehead atoms. The predicted molar refractivity (Wildman–Crippen MR) is 114 cm³/mol. The van der Waals surface area contributed by atoms with E-state index in [0.717, 1.165) is 25.7 Å². The van der Waals surface area contributed by atoms with Crippen molar-refractivity contribution in [2.24, 2.45) is 0 Å². The smallest absolute Gasteiger partial charge is 0.200 e. The van der Waals surface area contributed by atoms with Crippen LogP contribution in [0.15, 0.2) is 0 Å². The Balaban J connectivity index is 3.23. The Morgan fingerprint density at radius 2 is 0.720 bits per heavy atom. The zero-order chi connectivity index (χ0) is 18.6. The molecular formula is C22H47O2P. The molecule has 0 radical (unpaired) electrons. The molecule has 0 aromatic rings. The Kier molecular flexibility index (Phi) is 19.1. The van der Waals surface area contributed by atoms with Gasteiger partial charge in [0.25, 0.3) is 0 Å². The van der Waals surface area contributed by atoms with Crippen molar-refractivity contribution < 1.29 is 9.46 Å². The van der Waals surface area contributed by atoms with E-state index < -0.39 is 7.37 Å². The lowest BCUT2D eigenvalue weighted by atomic mass is 10.0. The van der Waals surface area contributed by atoms with Crippen LogP contribution >= 0.6 is 7.37 Å². The fourth-order valence-corrected chi connectivity index (χ4v) is 5.11. The van der Waals surface area contributed by atoms with E-state index in [9.17, 15) is 9.46 Å². The second kappa shape index (κ2) is 19.0. The van der Waals surface area contributed by atoms with Gasteiger partial charge in [-0.05, 0) is 12.8 Å². The molecule has 0 aromatic heterocycles. The van der Waals surface area contributed by atoms with Crippen molar-refractivity contribution in [1.29, 1.82) is 0 Å². The SMILES string of the molecule is CCCCCCCCCCCCCCCCP(=O)(O)CCCCCC. The minimum atomic E-state index is -2.82. The van der Waals surface area contributed by atoms with Crippen LogP contribution in [-0.4, -0.2) is 17.2 Å². The minimum absolute atomic E-state index is 0.547. The summed E-state index contributed by atoms with van der Waals surface area (Å²) < 4.78 is 12.1. The average molecular weight is 375 g/mol. The van der Waals surface area contributed by atoms with Crippen molar-refractivity contribution >= 4 is 7.37 Å². The van der Waals surface area contributed by atoms with E-state index in [0.29, 0.717) is 12.3 Å². The topological polar surface area (TPSA) is 37.3 Å². The van der Waals surface area contributed by atoms with Crippen LogP contribution in [0, 0.1) is 0 Å². The first-order valence-corrected chi connectivity index (χ1v) is 13.5.